The normalized spacial score (nSPS) is 17.9. The molecule has 0 saturated carbocycles. The minimum atomic E-state index is -0.444. The molecule has 3 rings (SSSR count). The zero-order chi connectivity index (χ0) is 16.9. The number of likely N-dealkylation sites (tertiary alicyclic amines) is 1. The molecule has 7 heteroatoms. The molecule has 1 amide bonds. The molecule has 1 aromatic heterocycles. The molecule has 0 radical (unpaired) electrons. The fourth-order valence-electron chi connectivity index (χ4n) is 2.77. The van der Waals surface area contributed by atoms with Gasteiger partial charge in [0.15, 0.2) is 12.2 Å². The molecule has 0 unspecified atom stereocenters. The van der Waals surface area contributed by atoms with Gasteiger partial charge in [-0.15, -0.1) is 0 Å². The Bertz CT molecular complexity index is 697. The van der Waals surface area contributed by atoms with Crippen LogP contribution in [0.3, 0.4) is 0 Å². The maximum absolute atomic E-state index is 12.1. The highest BCUT2D eigenvalue weighted by atomic mass is 32.2. The molecular weight excluding hydrogens is 328 g/mol. The number of piperidine rings is 1. The maximum Gasteiger partial charge on any atom is 0.316 e. The van der Waals surface area contributed by atoms with Gasteiger partial charge in [-0.05, 0) is 38.3 Å². The SMILES string of the molecule is C[C@H]1CCCCN1C(=O)COC(=O)CSc1nc2ccccc2o1. The molecule has 128 valence electrons. The second-order valence-corrected chi connectivity index (χ2v) is 6.76. The molecule has 6 nitrogen and oxygen atoms in total. The number of oxazole rings is 1. The first kappa shape index (κ1) is 16.8. The summed E-state index contributed by atoms with van der Waals surface area (Å²) < 4.78 is 10.6. The summed E-state index contributed by atoms with van der Waals surface area (Å²) in [5.74, 6) is -0.502. The number of fused-ring (bicyclic) bond motifs is 1. The molecule has 1 fully saturated rings. The van der Waals surface area contributed by atoms with Crippen LogP contribution in [0.5, 0.6) is 0 Å². The van der Waals surface area contributed by atoms with Crippen LogP contribution < -0.4 is 0 Å². The number of amides is 1. The van der Waals surface area contributed by atoms with Crippen molar-refractivity contribution >= 4 is 34.7 Å². The Labute approximate surface area is 144 Å². The van der Waals surface area contributed by atoms with E-state index in [1.165, 1.54) is 0 Å². The number of aromatic nitrogens is 1. The quantitative estimate of drug-likeness (QED) is 0.611. The molecule has 2 heterocycles. The van der Waals surface area contributed by atoms with Crippen molar-refractivity contribution in [2.45, 2.75) is 37.5 Å². The third-order valence-electron chi connectivity index (χ3n) is 4.07. The lowest BCUT2D eigenvalue weighted by Crippen LogP contribution is -2.44. The van der Waals surface area contributed by atoms with E-state index in [9.17, 15) is 9.59 Å². The number of ether oxygens (including phenoxy) is 1. The second-order valence-electron chi connectivity index (χ2n) is 5.83. The molecule has 1 aliphatic rings. The summed E-state index contributed by atoms with van der Waals surface area (Å²) in [5, 5.41) is 0.420. The molecule has 2 aromatic rings. The van der Waals surface area contributed by atoms with Gasteiger partial charge < -0.3 is 14.1 Å². The third-order valence-corrected chi connectivity index (χ3v) is 4.87. The predicted octanol–water partition coefficient (Wildman–Crippen LogP) is 2.86. The van der Waals surface area contributed by atoms with E-state index in [4.69, 9.17) is 9.15 Å². The Morgan fingerprint density at radius 2 is 2.21 bits per heavy atom. The fraction of sp³-hybridized carbons (Fsp3) is 0.471. The molecular formula is C17H20N2O4S. The second kappa shape index (κ2) is 7.70. The van der Waals surface area contributed by atoms with Gasteiger partial charge in [0, 0.05) is 12.6 Å². The van der Waals surface area contributed by atoms with Crippen molar-refractivity contribution in [1.29, 1.82) is 0 Å². The van der Waals surface area contributed by atoms with Crippen LogP contribution in [0.1, 0.15) is 26.2 Å². The van der Waals surface area contributed by atoms with E-state index >= 15 is 0 Å². The topological polar surface area (TPSA) is 72.6 Å². The lowest BCUT2D eigenvalue weighted by atomic mass is 10.0. The van der Waals surface area contributed by atoms with Crippen molar-refractivity contribution in [2.24, 2.45) is 0 Å². The molecule has 1 aliphatic heterocycles. The highest BCUT2D eigenvalue weighted by Gasteiger charge is 2.24. The van der Waals surface area contributed by atoms with Gasteiger partial charge in [0.05, 0.1) is 0 Å². The first-order valence-electron chi connectivity index (χ1n) is 8.07. The van der Waals surface area contributed by atoms with Crippen molar-refractivity contribution in [3.63, 3.8) is 0 Å². The average Bonchev–Trinajstić information content (AvgIpc) is 3.01. The van der Waals surface area contributed by atoms with E-state index in [2.05, 4.69) is 4.98 Å². The summed E-state index contributed by atoms with van der Waals surface area (Å²) in [6.45, 7) is 2.58. The van der Waals surface area contributed by atoms with E-state index in [0.717, 1.165) is 43.1 Å². The monoisotopic (exact) mass is 348 g/mol. The van der Waals surface area contributed by atoms with Crippen LogP contribution >= 0.6 is 11.8 Å². The van der Waals surface area contributed by atoms with Gasteiger partial charge in [-0.2, -0.15) is 0 Å². The van der Waals surface area contributed by atoms with Crippen molar-refractivity contribution in [3.8, 4) is 0 Å². The zero-order valence-corrected chi connectivity index (χ0v) is 14.4. The van der Waals surface area contributed by atoms with Crippen LogP contribution in [-0.2, 0) is 14.3 Å². The first-order valence-corrected chi connectivity index (χ1v) is 9.05. The Hall–Kier alpha value is -2.02. The molecule has 1 atom stereocenters. The standard InChI is InChI=1S/C17H20N2O4S/c1-12-6-4-5-9-19(12)15(20)10-22-16(21)11-24-17-18-13-7-2-3-8-14(13)23-17/h2-3,7-8,12H,4-6,9-11H2,1H3/t12-/m0/s1. The number of benzene rings is 1. The largest absolute Gasteiger partial charge is 0.455 e. The third kappa shape index (κ3) is 4.08. The highest BCUT2D eigenvalue weighted by molar-refractivity contribution is 7.99. The minimum Gasteiger partial charge on any atom is -0.455 e. The first-order chi connectivity index (χ1) is 11.6. The number of rotatable bonds is 5. The van der Waals surface area contributed by atoms with Gasteiger partial charge >= 0.3 is 5.97 Å². The van der Waals surface area contributed by atoms with Crippen molar-refractivity contribution in [2.75, 3.05) is 18.9 Å². The van der Waals surface area contributed by atoms with Gasteiger partial charge in [-0.1, -0.05) is 23.9 Å². The molecule has 0 N–H and O–H groups in total. The number of carbonyl (C=O) groups is 2. The van der Waals surface area contributed by atoms with Crippen molar-refractivity contribution < 1.29 is 18.7 Å². The Morgan fingerprint density at radius 1 is 1.38 bits per heavy atom. The van der Waals surface area contributed by atoms with Crippen LogP contribution in [0.2, 0.25) is 0 Å². The lowest BCUT2D eigenvalue weighted by molar-refractivity contribution is -0.151. The van der Waals surface area contributed by atoms with E-state index < -0.39 is 5.97 Å². The number of thioether (sulfide) groups is 1. The van der Waals surface area contributed by atoms with Gasteiger partial charge in [0.1, 0.15) is 11.3 Å². The van der Waals surface area contributed by atoms with Crippen LogP contribution in [0.4, 0.5) is 0 Å². The molecule has 24 heavy (non-hydrogen) atoms. The van der Waals surface area contributed by atoms with Crippen molar-refractivity contribution in [3.05, 3.63) is 24.3 Å². The number of nitrogens with zero attached hydrogens (tertiary/aromatic N) is 2. The minimum absolute atomic E-state index is 0.0651. The fourth-order valence-corrected chi connectivity index (χ4v) is 3.41. The van der Waals surface area contributed by atoms with Crippen LogP contribution in [0.15, 0.2) is 33.9 Å². The smallest absolute Gasteiger partial charge is 0.316 e. The van der Waals surface area contributed by atoms with Gasteiger partial charge in [0.2, 0.25) is 0 Å². The molecule has 1 saturated heterocycles. The maximum atomic E-state index is 12.1. The summed E-state index contributed by atoms with van der Waals surface area (Å²) in [7, 11) is 0. The predicted molar refractivity (Wildman–Crippen MR) is 90.7 cm³/mol. The van der Waals surface area contributed by atoms with Crippen molar-refractivity contribution in [1.82, 2.24) is 9.88 Å². The van der Waals surface area contributed by atoms with E-state index in [1.807, 2.05) is 31.2 Å². The number of carbonyl (C=O) groups excluding carboxylic acids is 2. The number of para-hydroxylation sites is 2. The summed E-state index contributed by atoms with van der Waals surface area (Å²) in [6.07, 6.45) is 3.16. The summed E-state index contributed by atoms with van der Waals surface area (Å²) in [5.41, 5.74) is 1.44. The van der Waals surface area contributed by atoms with Crippen LogP contribution in [-0.4, -0.2) is 46.7 Å². The average molecular weight is 348 g/mol. The summed E-state index contributed by atoms with van der Waals surface area (Å²) in [6, 6.07) is 7.63. The van der Waals surface area contributed by atoms with E-state index in [0.29, 0.717) is 10.8 Å². The lowest BCUT2D eigenvalue weighted by Gasteiger charge is -2.33. The van der Waals surface area contributed by atoms with Crippen LogP contribution in [0, 0.1) is 0 Å². The van der Waals surface area contributed by atoms with Gasteiger partial charge in [-0.3, -0.25) is 9.59 Å². The molecule has 0 spiro atoms. The Morgan fingerprint density at radius 3 is 3.00 bits per heavy atom. The summed E-state index contributed by atoms with van der Waals surface area (Å²) in [4.78, 5) is 30.0. The highest BCUT2D eigenvalue weighted by Crippen LogP contribution is 2.23. The number of hydrogen-bond acceptors (Lipinski definition) is 6. The number of esters is 1. The van der Waals surface area contributed by atoms with Gasteiger partial charge in [0.25, 0.3) is 11.1 Å². The summed E-state index contributed by atoms with van der Waals surface area (Å²) >= 11 is 1.16. The Kier molecular flexibility index (Phi) is 5.40. The molecule has 0 aliphatic carbocycles. The van der Waals surface area contributed by atoms with Crippen LogP contribution in [0.25, 0.3) is 11.1 Å². The zero-order valence-electron chi connectivity index (χ0n) is 13.6. The Balaban J connectivity index is 1.44. The van der Waals surface area contributed by atoms with Gasteiger partial charge in [-0.25, -0.2) is 4.98 Å². The molecule has 1 aromatic carbocycles. The van der Waals surface area contributed by atoms with E-state index in [1.54, 1.807) is 4.90 Å². The van der Waals surface area contributed by atoms with E-state index in [-0.39, 0.29) is 24.3 Å². The molecule has 0 bridgehead atoms. The number of hydrogen-bond donors (Lipinski definition) is 0.